The van der Waals surface area contributed by atoms with Gasteiger partial charge >= 0.3 is 5.97 Å². The van der Waals surface area contributed by atoms with E-state index in [1.807, 2.05) is 6.92 Å². The van der Waals surface area contributed by atoms with Crippen LogP contribution < -0.4 is 10.5 Å². The van der Waals surface area contributed by atoms with Crippen LogP contribution in [-0.4, -0.2) is 18.7 Å². The summed E-state index contributed by atoms with van der Waals surface area (Å²) in [5, 5.41) is 0.527. The van der Waals surface area contributed by atoms with Gasteiger partial charge in [0.2, 0.25) is 0 Å². The van der Waals surface area contributed by atoms with Crippen LogP contribution in [0.3, 0.4) is 0 Å². The largest absolute Gasteiger partial charge is 0.477 e. The number of halogens is 1. The molecule has 0 heterocycles. The predicted molar refractivity (Wildman–Crippen MR) is 67.2 cm³/mol. The van der Waals surface area contributed by atoms with Gasteiger partial charge in [0.25, 0.3) is 0 Å². The summed E-state index contributed by atoms with van der Waals surface area (Å²) in [6, 6.07) is 4.87. The normalized spacial score (nSPS) is 11.9. The van der Waals surface area contributed by atoms with Gasteiger partial charge in [0.05, 0.1) is 12.3 Å². The molecule has 1 aromatic rings. The monoisotopic (exact) mass is 257 g/mol. The van der Waals surface area contributed by atoms with E-state index in [2.05, 4.69) is 0 Å². The van der Waals surface area contributed by atoms with E-state index in [1.54, 1.807) is 25.1 Å². The van der Waals surface area contributed by atoms with Gasteiger partial charge in [0, 0.05) is 5.02 Å². The summed E-state index contributed by atoms with van der Waals surface area (Å²) in [6.45, 7) is 3.92. The van der Waals surface area contributed by atoms with Crippen molar-refractivity contribution in [2.75, 3.05) is 12.3 Å². The number of esters is 1. The van der Waals surface area contributed by atoms with Crippen LogP contribution in [0.15, 0.2) is 18.2 Å². The van der Waals surface area contributed by atoms with Crippen LogP contribution in [0.25, 0.3) is 0 Å². The Labute approximate surface area is 106 Å². The van der Waals surface area contributed by atoms with E-state index in [0.29, 0.717) is 29.5 Å². The topological polar surface area (TPSA) is 61.5 Å². The summed E-state index contributed by atoms with van der Waals surface area (Å²) in [4.78, 5) is 11.5. The van der Waals surface area contributed by atoms with Crippen LogP contribution in [0.1, 0.15) is 20.3 Å². The van der Waals surface area contributed by atoms with Crippen molar-refractivity contribution >= 4 is 23.3 Å². The molecule has 0 spiro atoms. The van der Waals surface area contributed by atoms with E-state index >= 15 is 0 Å². The molecule has 0 amide bonds. The maximum absolute atomic E-state index is 11.5. The summed E-state index contributed by atoms with van der Waals surface area (Å²) in [6.07, 6.45) is -0.126. The van der Waals surface area contributed by atoms with Gasteiger partial charge in [-0.25, -0.2) is 4.79 Å². The van der Waals surface area contributed by atoms with Crippen molar-refractivity contribution in [3.8, 4) is 5.75 Å². The third-order valence-corrected chi connectivity index (χ3v) is 2.40. The van der Waals surface area contributed by atoms with Gasteiger partial charge in [-0.15, -0.1) is 0 Å². The zero-order valence-corrected chi connectivity index (χ0v) is 10.7. The summed E-state index contributed by atoms with van der Waals surface area (Å²) in [5.41, 5.74) is 6.14. The summed E-state index contributed by atoms with van der Waals surface area (Å²) >= 11 is 5.77. The molecule has 1 atom stereocenters. The Morgan fingerprint density at radius 2 is 2.18 bits per heavy atom. The summed E-state index contributed by atoms with van der Waals surface area (Å²) in [5.74, 6) is 0.0543. The fourth-order valence-corrected chi connectivity index (χ4v) is 1.49. The number of hydrogen-bond acceptors (Lipinski definition) is 4. The fraction of sp³-hybridized carbons (Fsp3) is 0.417. The van der Waals surface area contributed by atoms with Gasteiger partial charge in [0.1, 0.15) is 5.75 Å². The van der Waals surface area contributed by atoms with E-state index in [1.165, 1.54) is 0 Å². The SMILES string of the molecule is CCOC(=O)[C@@H](CC)Oc1ccc(Cl)cc1N. The molecule has 1 rings (SSSR count). The molecule has 0 fully saturated rings. The zero-order valence-electron chi connectivity index (χ0n) is 9.90. The molecule has 0 aliphatic rings. The summed E-state index contributed by atoms with van der Waals surface area (Å²) < 4.78 is 10.4. The highest BCUT2D eigenvalue weighted by molar-refractivity contribution is 6.30. The molecule has 17 heavy (non-hydrogen) atoms. The minimum Gasteiger partial charge on any atom is -0.477 e. The predicted octanol–water partition coefficient (Wildman–Crippen LogP) is 2.64. The zero-order chi connectivity index (χ0) is 12.8. The van der Waals surface area contributed by atoms with Crippen molar-refractivity contribution in [3.63, 3.8) is 0 Å². The number of anilines is 1. The average molecular weight is 258 g/mol. The second-order valence-corrected chi connectivity index (χ2v) is 3.89. The van der Waals surface area contributed by atoms with Gasteiger partial charge in [-0.1, -0.05) is 18.5 Å². The first kappa shape index (κ1) is 13.6. The van der Waals surface area contributed by atoms with Gasteiger partial charge in [-0.05, 0) is 31.5 Å². The lowest BCUT2D eigenvalue weighted by Crippen LogP contribution is -2.28. The Morgan fingerprint density at radius 3 is 2.71 bits per heavy atom. The molecule has 0 radical (unpaired) electrons. The molecule has 0 aliphatic carbocycles. The van der Waals surface area contributed by atoms with Crippen LogP contribution in [0.2, 0.25) is 5.02 Å². The third-order valence-electron chi connectivity index (χ3n) is 2.16. The first-order valence-corrected chi connectivity index (χ1v) is 5.84. The van der Waals surface area contributed by atoms with Crippen LogP contribution in [0.4, 0.5) is 5.69 Å². The van der Waals surface area contributed by atoms with Crippen LogP contribution in [-0.2, 0) is 9.53 Å². The lowest BCUT2D eigenvalue weighted by molar-refractivity contribution is -0.151. The Morgan fingerprint density at radius 1 is 1.47 bits per heavy atom. The highest BCUT2D eigenvalue weighted by atomic mass is 35.5. The molecule has 94 valence electrons. The molecule has 5 heteroatoms. The van der Waals surface area contributed by atoms with Gasteiger partial charge in [-0.3, -0.25) is 0 Å². The number of carbonyl (C=O) groups excluding carboxylic acids is 1. The number of benzene rings is 1. The molecule has 1 aromatic carbocycles. The molecule has 0 aromatic heterocycles. The lowest BCUT2D eigenvalue weighted by atomic mass is 10.2. The Bertz CT molecular complexity index is 395. The van der Waals surface area contributed by atoms with Crippen molar-refractivity contribution in [1.29, 1.82) is 0 Å². The number of nitrogens with two attached hydrogens (primary N) is 1. The maximum Gasteiger partial charge on any atom is 0.347 e. The fourth-order valence-electron chi connectivity index (χ4n) is 1.31. The first-order chi connectivity index (χ1) is 8.08. The second-order valence-electron chi connectivity index (χ2n) is 3.45. The van der Waals surface area contributed by atoms with Crippen molar-refractivity contribution in [3.05, 3.63) is 23.2 Å². The number of rotatable bonds is 5. The Hall–Kier alpha value is -1.42. The van der Waals surface area contributed by atoms with E-state index < -0.39 is 6.10 Å². The molecular weight excluding hydrogens is 242 g/mol. The van der Waals surface area contributed by atoms with Crippen molar-refractivity contribution in [2.24, 2.45) is 0 Å². The van der Waals surface area contributed by atoms with E-state index in [9.17, 15) is 4.79 Å². The number of ether oxygens (including phenoxy) is 2. The second kappa shape index (κ2) is 6.35. The highest BCUT2D eigenvalue weighted by Crippen LogP contribution is 2.26. The van der Waals surface area contributed by atoms with Crippen molar-refractivity contribution < 1.29 is 14.3 Å². The Kier molecular flexibility index (Phi) is 5.10. The number of hydrogen-bond donors (Lipinski definition) is 1. The van der Waals surface area contributed by atoms with Crippen LogP contribution in [0.5, 0.6) is 5.75 Å². The first-order valence-electron chi connectivity index (χ1n) is 5.46. The molecule has 0 saturated heterocycles. The van der Waals surface area contributed by atoms with Gasteiger partial charge < -0.3 is 15.2 Å². The van der Waals surface area contributed by atoms with Gasteiger partial charge in [-0.2, -0.15) is 0 Å². The maximum atomic E-state index is 11.5. The standard InChI is InChI=1S/C12H16ClNO3/c1-3-10(12(15)16-4-2)17-11-6-5-8(13)7-9(11)14/h5-7,10H,3-4,14H2,1-2H3/t10-/m1/s1. The Balaban J connectivity index is 2.77. The van der Waals surface area contributed by atoms with Crippen LogP contribution >= 0.6 is 11.6 Å². The third kappa shape index (κ3) is 3.82. The van der Waals surface area contributed by atoms with Crippen LogP contribution in [0, 0.1) is 0 Å². The number of carbonyl (C=O) groups is 1. The molecule has 2 N–H and O–H groups in total. The van der Waals surface area contributed by atoms with E-state index in [-0.39, 0.29) is 5.97 Å². The smallest absolute Gasteiger partial charge is 0.347 e. The molecule has 4 nitrogen and oxygen atoms in total. The quantitative estimate of drug-likeness (QED) is 0.651. The molecule has 0 bridgehead atoms. The highest BCUT2D eigenvalue weighted by Gasteiger charge is 2.20. The molecule has 0 aliphatic heterocycles. The molecule has 0 saturated carbocycles. The average Bonchev–Trinajstić information content (AvgIpc) is 2.28. The van der Waals surface area contributed by atoms with Crippen molar-refractivity contribution in [2.45, 2.75) is 26.4 Å². The molecular formula is C12H16ClNO3. The number of nitrogen functional groups attached to an aromatic ring is 1. The molecule has 0 unspecified atom stereocenters. The van der Waals surface area contributed by atoms with Gasteiger partial charge in [0.15, 0.2) is 6.10 Å². The minimum absolute atomic E-state index is 0.328. The van der Waals surface area contributed by atoms with E-state index in [4.69, 9.17) is 26.8 Å². The minimum atomic E-state index is -0.640. The van der Waals surface area contributed by atoms with E-state index in [0.717, 1.165) is 0 Å². The van der Waals surface area contributed by atoms with Crippen molar-refractivity contribution in [1.82, 2.24) is 0 Å². The summed E-state index contributed by atoms with van der Waals surface area (Å²) in [7, 11) is 0. The lowest BCUT2D eigenvalue weighted by Gasteiger charge is -2.17.